The Hall–Kier alpha value is -0.900. The van der Waals surface area contributed by atoms with Crippen molar-refractivity contribution in [3.63, 3.8) is 0 Å². The van der Waals surface area contributed by atoms with Gasteiger partial charge in [-0.25, -0.2) is 0 Å². The van der Waals surface area contributed by atoms with E-state index in [-0.39, 0.29) is 0 Å². The maximum atomic E-state index is 5.31. The summed E-state index contributed by atoms with van der Waals surface area (Å²) in [6, 6.07) is 0. The summed E-state index contributed by atoms with van der Waals surface area (Å²) in [5.74, 6) is 2.18. The van der Waals surface area contributed by atoms with Crippen molar-refractivity contribution in [1.82, 2.24) is 15.5 Å². The van der Waals surface area contributed by atoms with E-state index in [0.29, 0.717) is 5.92 Å². The van der Waals surface area contributed by atoms with Crippen LogP contribution in [0.2, 0.25) is 0 Å². The third-order valence-corrected chi connectivity index (χ3v) is 3.39. The molecule has 1 saturated heterocycles. The summed E-state index contributed by atoms with van der Waals surface area (Å²) >= 11 is 0. The Morgan fingerprint density at radius 1 is 1.35 bits per heavy atom. The van der Waals surface area contributed by atoms with Gasteiger partial charge < -0.3 is 9.84 Å². The van der Waals surface area contributed by atoms with Gasteiger partial charge in [0.2, 0.25) is 5.89 Å². The van der Waals surface area contributed by atoms with Crippen LogP contribution in [-0.2, 0) is 6.42 Å². The van der Waals surface area contributed by atoms with Crippen molar-refractivity contribution in [2.75, 3.05) is 13.1 Å². The number of nitrogens with one attached hydrogen (secondary N) is 1. The predicted molar refractivity (Wildman–Crippen MR) is 67.0 cm³/mol. The quantitative estimate of drug-likeness (QED) is 0.773. The Labute approximate surface area is 103 Å². The largest absolute Gasteiger partial charge is 0.339 e. The summed E-state index contributed by atoms with van der Waals surface area (Å²) < 4.78 is 5.31. The SMILES string of the molecule is CCCCCCc1nc(C2CCCNC2)no1. The topological polar surface area (TPSA) is 51.0 Å². The number of hydrogen-bond donors (Lipinski definition) is 1. The van der Waals surface area contributed by atoms with Gasteiger partial charge in [0.15, 0.2) is 5.82 Å². The van der Waals surface area contributed by atoms with Crippen LogP contribution in [0.4, 0.5) is 0 Å². The van der Waals surface area contributed by atoms with Gasteiger partial charge in [0, 0.05) is 18.9 Å². The van der Waals surface area contributed by atoms with E-state index in [2.05, 4.69) is 22.4 Å². The Morgan fingerprint density at radius 2 is 2.29 bits per heavy atom. The van der Waals surface area contributed by atoms with Crippen LogP contribution < -0.4 is 5.32 Å². The highest BCUT2D eigenvalue weighted by Gasteiger charge is 2.20. The van der Waals surface area contributed by atoms with E-state index in [0.717, 1.165) is 31.2 Å². The molecule has 1 aromatic rings. The van der Waals surface area contributed by atoms with Gasteiger partial charge in [-0.15, -0.1) is 0 Å². The van der Waals surface area contributed by atoms with Crippen LogP contribution in [0.3, 0.4) is 0 Å². The van der Waals surface area contributed by atoms with Crippen LogP contribution in [0.25, 0.3) is 0 Å². The van der Waals surface area contributed by atoms with Gasteiger partial charge in [-0.05, 0) is 25.8 Å². The van der Waals surface area contributed by atoms with Crippen LogP contribution in [0, 0.1) is 0 Å². The van der Waals surface area contributed by atoms with E-state index in [4.69, 9.17) is 4.52 Å². The van der Waals surface area contributed by atoms with E-state index in [9.17, 15) is 0 Å². The van der Waals surface area contributed by atoms with Gasteiger partial charge in [0.05, 0.1) is 0 Å². The molecule has 1 aliphatic rings. The number of aromatic nitrogens is 2. The van der Waals surface area contributed by atoms with E-state index in [1.807, 2.05) is 0 Å². The highest BCUT2D eigenvalue weighted by molar-refractivity contribution is 4.98. The standard InChI is InChI=1S/C13H23N3O/c1-2-3-4-5-8-12-15-13(16-17-12)11-7-6-9-14-10-11/h11,14H,2-10H2,1H3. The molecule has 4 nitrogen and oxygen atoms in total. The Bertz CT molecular complexity index is 318. The Morgan fingerprint density at radius 3 is 3.06 bits per heavy atom. The third-order valence-electron chi connectivity index (χ3n) is 3.39. The zero-order valence-electron chi connectivity index (χ0n) is 10.7. The van der Waals surface area contributed by atoms with Crippen LogP contribution in [-0.4, -0.2) is 23.2 Å². The number of rotatable bonds is 6. The van der Waals surface area contributed by atoms with Gasteiger partial charge in [-0.2, -0.15) is 4.98 Å². The minimum absolute atomic E-state index is 0.455. The van der Waals surface area contributed by atoms with Crippen molar-refractivity contribution in [2.24, 2.45) is 0 Å². The molecule has 2 heterocycles. The molecule has 1 N–H and O–H groups in total. The number of piperidine rings is 1. The highest BCUT2D eigenvalue weighted by atomic mass is 16.5. The van der Waals surface area contributed by atoms with E-state index in [1.165, 1.54) is 38.5 Å². The molecular formula is C13H23N3O. The molecule has 0 spiro atoms. The zero-order valence-corrected chi connectivity index (χ0v) is 10.7. The van der Waals surface area contributed by atoms with Gasteiger partial charge in [-0.1, -0.05) is 31.3 Å². The molecule has 1 aromatic heterocycles. The molecule has 1 aliphatic heterocycles. The van der Waals surface area contributed by atoms with E-state index < -0.39 is 0 Å². The van der Waals surface area contributed by atoms with Crippen LogP contribution in [0.5, 0.6) is 0 Å². The molecule has 0 amide bonds. The van der Waals surface area contributed by atoms with Crippen molar-refractivity contribution in [1.29, 1.82) is 0 Å². The highest BCUT2D eigenvalue weighted by Crippen LogP contribution is 2.20. The van der Waals surface area contributed by atoms with Crippen LogP contribution in [0.15, 0.2) is 4.52 Å². The van der Waals surface area contributed by atoms with Gasteiger partial charge in [0.1, 0.15) is 0 Å². The second kappa shape index (κ2) is 6.74. The smallest absolute Gasteiger partial charge is 0.226 e. The lowest BCUT2D eigenvalue weighted by Crippen LogP contribution is -2.28. The molecule has 0 aromatic carbocycles. The number of nitrogens with zero attached hydrogens (tertiary/aromatic N) is 2. The first-order chi connectivity index (χ1) is 8.40. The zero-order chi connectivity index (χ0) is 11.9. The first kappa shape index (κ1) is 12.6. The van der Waals surface area contributed by atoms with Gasteiger partial charge in [-0.3, -0.25) is 0 Å². The Balaban J connectivity index is 1.78. The summed E-state index contributed by atoms with van der Waals surface area (Å²) in [4.78, 5) is 4.51. The number of hydrogen-bond acceptors (Lipinski definition) is 4. The van der Waals surface area contributed by atoms with E-state index >= 15 is 0 Å². The lowest BCUT2D eigenvalue weighted by molar-refractivity contribution is 0.358. The molecule has 17 heavy (non-hydrogen) atoms. The molecule has 4 heteroatoms. The second-order valence-electron chi connectivity index (χ2n) is 4.90. The first-order valence-corrected chi connectivity index (χ1v) is 6.93. The second-order valence-corrected chi connectivity index (χ2v) is 4.90. The molecule has 0 radical (unpaired) electrons. The molecular weight excluding hydrogens is 214 g/mol. The summed E-state index contributed by atoms with van der Waals surface area (Å²) in [6.07, 6.45) is 8.33. The molecule has 1 unspecified atom stereocenters. The van der Waals surface area contributed by atoms with Crippen molar-refractivity contribution in [2.45, 2.75) is 57.8 Å². The molecule has 1 fully saturated rings. The fraction of sp³-hybridized carbons (Fsp3) is 0.846. The number of aryl methyl sites for hydroxylation is 1. The third kappa shape index (κ3) is 3.80. The van der Waals surface area contributed by atoms with Gasteiger partial charge >= 0.3 is 0 Å². The lowest BCUT2D eigenvalue weighted by atomic mass is 9.99. The molecule has 0 bridgehead atoms. The van der Waals surface area contributed by atoms with Crippen molar-refractivity contribution in [3.8, 4) is 0 Å². The molecule has 1 atom stereocenters. The van der Waals surface area contributed by atoms with Gasteiger partial charge in [0.25, 0.3) is 0 Å². The first-order valence-electron chi connectivity index (χ1n) is 6.93. The molecule has 0 saturated carbocycles. The molecule has 96 valence electrons. The Kier molecular flexibility index (Phi) is 4.98. The summed E-state index contributed by atoms with van der Waals surface area (Å²) in [6.45, 7) is 4.34. The summed E-state index contributed by atoms with van der Waals surface area (Å²) in [5, 5.41) is 7.49. The number of unbranched alkanes of at least 4 members (excludes halogenated alkanes) is 3. The molecule has 2 rings (SSSR count). The minimum Gasteiger partial charge on any atom is -0.339 e. The van der Waals surface area contributed by atoms with E-state index in [1.54, 1.807) is 0 Å². The van der Waals surface area contributed by atoms with Crippen LogP contribution >= 0.6 is 0 Å². The van der Waals surface area contributed by atoms with Crippen LogP contribution in [0.1, 0.15) is 63.1 Å². The predicted octanol–water partition coefficient (Wildman–Crippen LogP) is 2.66. The fourth-order valence-corrected chi connectivity index (χ4v) is 2.31. The maximum Gasteiger partial charge on any atom is 0.226 e. The van der Waals surface area contributed by atoms with Crippen molar-refractivity contribution >= 4 is 0 Å². The maximum absolute atomic E-state index is 5.31. The van der Waals surface area contributed by atoms with Crippen molar-refractivity contribution in [3.05, 3.63) is 11.7 Å². The normalized spacial score (nSPS) is 20.6. The fourth-order valence-electron chi connectivity index (χ4n) is 2.31. The summed E-state index contributed by atoms with van der Waals surface area (Å²) in [7, 11) is 0. The summed E-state index contributed by atoms with van der Waals surface area (Å²) in [5.41, 5.74) is 0. The minimum atomic E-state index is 0.455. The average Bonchev–Trinajstić information content (AvgIpc) is 2.85. The lowest BCUT2D eigenvalue weighted by Gasteiger charge is -2.19. The average molecular weight is 237 g/mol. The van der Waals surface area contributed by atoms with Crippen molar-refractivity contribution < 1.29 is 4.52 Å². The monoisotopic (exact) mass is 237 g/mol. The molecule has 0 aliphatic carbocycles.